The fourth-order valence-corrected chi connectivity index (χ4v) is 2.89. The topological polar surface area (TPSA) is 78.8 Å². The number of allylic oxidation sites excluding steroid dienone is 5. The van der Waals surface area contributed by atoms with Crippen LogP contribution in [0.5, 0.6) is 0 Å². The Labute approximate surface area is 161 Å². The number of nitrogens with zero attached hydrogens (tertiary/aromatic N) is 1. The maximum Gasteiger partial charge on any atom is 0.352 e. The Morgan fingerprint density at radius 2 is 1.54 bits per heavy atom. The first-order chi connectivity index (χ1) is 12.2. The van der Waals surface area contributed by atoms with Crippen LogP contribution in [0.4, 0.5) is 0 Å². The minimum absolute atomic E-state index is 0.0498. The second-order valence-electron chi connectivity index (χ2n) is 6.51. The standard InChI is InChI=1S/C20H32N2O3S/c1-15(2)8-6-9-16(3)10-7-11-17(4)12-13-26-14-19(20(24)25)22-21-18(5)23/h8,10,12H,6-7,9,11,13-14H2,1-5H3,(H,21,23)(H,24,25)/b16-10+,17-12+,22-19-. The van der Waals surface area contributed by atoms with E-state index in [-0.39, 0.29) is 17.4 Å². The van der Waals surface area contributed by atoms with E-state index in [9.17, 15) is 9.59 Å². The molecule has 0 saturated heterocycles. The fourth-order valence-electron chi connectivity index (χ4n) is 1.98. The van der Waals surface area contributed by atoms with Gasteiger partial charge < -0.3 is 5.11 Å². The molecule has 0 heterocycles. The van der Waals surface area contributed by atoms with Crippen LogP contribution in [0.25, 0.3) is 0 Å². The molecule has 0 aromatic heterocycles. The normalized spacial score (nSPS) is 12.7. The number of amides is 1. The Morgan fingerprint density at radius 3 is 2.08 bits per heavy atom. The lowest BCUT2D eigenvalue weighted by Gasteiger charge is -2.03. The van der Waals surface area contributed by atoms with Crippen molar-refractivity contribution in [3.8, 4) is 0 Å². The van der Waals surface area contributed by atoms with Crippen molar-refractivity contribution in [1.29, 1.82) is 0 Å². The lowest BCUT2D eigenvalue weighted by Crippen LogP contribution is -2.23. The van der Waals surface area contributed by atoms with Crippen molar-refractivity contribution in [3.63, 3.8) is 0 Å². The largest absolute Gasteiger partial charge is 0.477 e. The number of carbonyl (C=O) groups excluding carboxylic acids is 1. The molecule has 6 heteroatoms. The van der Waals surface area contributed by atoms with E-state index in [0.29, 0.717) is 0 Å². The predicted octanol–water partition coefficient (Wildman–Crippen LogP) is 4.72. The van der Waals surface area contributed by atoms with Gasteiger partial charge >= 0.3 is 5.97 Å². The van der Waals surface area contributed by atoms with E-state index in [0.717, 1.165) is 31.4 Å². The highest BCUT2D eigenvalue weighted by Crippen LogP contribution is 2.12. The Kier molecular flexibility index (Phi) is 13.4. The van der Waals surface area contributed by atoms with Crippen LogP contribution in [0.15, 0.2) is 40.0 Å². The van der Waals surface area contributed by atoms with Gasteiger partial charge in [0.05, 0.1) is 0 Å². The highest BCUT2D eigenvalue weighted by atomic mass is 32.2. The van der Waals surface area contributed by atoms with Crippen LogP contribution in [0, 0.1) is 0 Å². The van der Waals surface area contributed by atoms with Crippen molar-refractivity contribution in [3.05, 3.63) is 34.9 Å². The van der Waals surface area contributed by atoms with Crippen molar-refractivity contribution in [2.24, 2.45) is 5.10 Å². The van der Waals surface area contributed by atoms with Gasteiger partial charge in [-0.1, -0.05) is 34.9 Å². The molecule has 26 heavy (non-hydrogen) atoms. The van der Waals surface area contributed by atoms with E-state index in [2.05, 4.69) is 56.5 Å². The molecule has 146 valence electrons. The summed E-state index contributed by atoms with van der Waals surface area (Å²) in [5.41, 5.74) is 6.19. The van der Waals surface area contributed by atoms with Gasteiger partial charge in [-0.3, -0.25) is 4.79 Å². The molecule has 0 atom stereocenters. The van der Waals surface area contributed by atoms with Gasteiger partial charge in [-0.25, -0.2) is 10.2 Å². The van der Waals surface area contributed by atoms with Crippen LogP contribution in [0.2, 0.25) is 0 Å². The van der Waals surface area contributed by atoms with E-state index < -0.39 is 5.97 Å². The number of hydrazone groups is 1. The van der Waals surface area contributed by atoms with Gasteiger partial charge in [-0.05, 0) is 53.4 Å². The predicted molar refractivity (Wildman–Crippen MR) is 112 cm³/mol. The van der Waals surface area contributed by atoms with Crippen LogP contribution in [0.1, 0.15) is 60.3 Å². The molecule has 0 aromatic rings. The molecule has 0 radical (unpaired) electrons. The molecule has 0 unspecified atom stereocenters. The number of nitrogens with one attached hydrogen (secondary N) is 1. The average Bonchev–Trinajstić information content (AvgIpc) is 2.53. The van der Waals surface area contributed by atoms with Crippen molar-refractivity contribution in [2.75, 3.05) is 11.5 Å². The molecule has 0 spiro atoms. The molecule has 0 bridgehead atoms. The summed E-state index contributed by atoms with van der Waals surface area (Å²) in [4.78, 5) is 21.8. The summed E-state index contributed by atoms with van der Waals surface area (Å²) in [5, 5.41) is 12.6. The number of hydrogen-bond donors (Lipinski definition) is 2. The third kappa shape index (κ3) is 14.5. The number of carboxylic acid groups (broad SMARTS) is 1. The number of carbonyl (C=O) groups is 2. The summed E-state index contributed by atoms with van der Waals surface area (Å²) in [5.74, 6) is -0.515. The molecule has 0 aromatic carbocycles. The quantitative estimate of drug-likeness (QED) is 0.222. The number of hydrogen-bond acceptors (Lipinski definition) is 4. The zero-order valence-corrected chi connectivity index (χ0v) is 17.4. The summed E-state index contributed by atoms with van der Waals surface area (Å²) in [6.07, 6.45) is 10.9. The van der Waals surface area contributed by atoms with Gasteiger partial charge in [0.15, 0.2) is 5.71 Å². The number of thioether (sulfide) groups is 1. The molecular weight excluding hydrogens is 348 g/mol. The Balaban J connectivity index is 4.17. The van der Waals surface area contributed by atoms with Crippen LogP contribution in [0.3, 0.4) is 0 Å². The van der Waals surface area contributed by atoms with Gasteiger partial charge in [0.2, 0.25) is 5.91 Å². The third-order valence-electron chi connectivity index (χ3n) is 3.51. The third-order valence-corrected chi connectivity index (χ3v) is 4.39. The first kappa shape index (κ1) is 24.2. The van der Waals surface area contributed by atoms with Gasteiger partial charge in [0.25, 0.3) is 0 Å². The summed E-state index contributed by atoms with van der Waals surface area (Å²) >= 11 is 1.46. The van der Waals surface area contributed by atoms with Crippen LogP contribution in [-0.2, 0) is 9.59 Å². The van der Waals surface area contributed by atoms with Crippen molar-refractivity contribution >= 4 is 29.4 Å². The second-order valence-corrected chi connectivity index (χ2v) is 7.54. The molecule has 0 saturated carbocycles. The Bertz CT molecular complexity index is 586. The molecule has 0 aliphatic carbocycles. The lowest BCUT2D eigenvalue weighted by molar-refractivity contribution is -0.129. The van der Waals surface area contributed by atoms with Crippen LogP contribution >= 0.6 is 11.8 Å². The summed E-state index contributed by atoms with van der Waals surface area (Å²) in [6, 6.07) is 0. The van der Waals surface area contributed by atoms with Gasteiger partial charge in [-0.2, -0.15) is 16.9 Å². The highest BCUT2D eigenvalue weighted by molar-refractivity contribution is 8.00. The number of carboxylic acids is 1. The highest BCUT2D eigenvalue weighted by Gasteiger charge is 2.09. The smallest absolute Gasteiger partial charge is 0.352 e. The van der Waals surface area contributed by atoms with E-state index >= 15 is 0 Å². The summed E-state index contributed by atoms with van der Waals surface area (Å²) in [6.45, 7) is 9.80. The van der Waals surface area contributed by atoms with E-state index in [1.807, 2.05) is 0 Å². The van der Waals surface area contributed by atoms with Crippen molar-refractivity contribution in [2.45, 2.75) is 60.3 Å². The second kappa shape index (κ2) is 14.4. The molecule has 5 nitrogen and oxygen atoms in total. The molecule has 0 aliphatic rings. The van der Waals surface area contributed by atoms with Crippen LogP contribution in [-0.4, -0.2) is 34.2 Å². The van der Waals surface area contributed by atoms with Crippen LogP contribution < -0.4 is 5.43 Å². The fraction of sp³-hybridized carbons (Fsp3) is 0.550. The van der Waals surface area contributed by atoms with E-state index in [4.69, 9.17) is 5.11 Å². The first-order valence-electron chi connectivity index (χ1n) is 8.81. The molecule has 0 fully saturated rings. The SMILES string of the molecule is CC(=O)N/N=C(/CSC/C=C(\C)CC/C=C(\C)CCC=C(C)C)C(=O)O. The minimum atomic E-state index is -1.11. The maximum absolute atomic E-state index is 11.0. The van der Waals surface area contributed by atoms with E-state index in [1.165, 1.54) is 35.4 Å². The Morgan fingerprint density at radius 1 is 0.962 bits per heavy atom. The van der Waals surface area contributed by atoms with Gasteiger partial charge in [0.1, 0.15) is 0 Å². The number of aliphatic carboxylic acids is 1. The zero-order valence-electron chi connectivity index (χ0n) is 16.6. The zero-order chi connectivity index (χ0) is 19.9. The Hall–Kier alpha value is -1.82. The summed E-state index contributed by atoms with van der Waals surface area (Å²) in [7, 11) is 0. The monoisotopic (exact) mass is 380 g/mol. The van der Waals surface area contributed by atoms with E-state index in [1.54, 1.807) is 0 Å². The van der Waals surface area contributed by atoms with Gasteiger partial charge in [0, 0.05) is 18.4 Å². The number of rotatable bonds is 12. The molecule has 0 aliphatic heterocycles. The molecular formula is C20H32N2O3S. The van der Waals surface area contributed by atoms with Gasteiger partial charge in [-0.15, -0.1) is 0 Å². The molecule has 1 amide bonds. The van der Waals surface area contributed by atoms with Crippen molar-refractivity contribution < 1.29 is 14.7 Å². The maximum atomic E-state index is 11.0. The average molecular weight is 381 g/mol. The molecule has 2 N–H and O–H groups in total. The first-order valence-corrected chi connectivity index (χ1v) is 9.96. The summed E-state index contributed by atoms with van der Waals surface area (Å²) < 4.78 is 0. The van der Waals surface area contributed by atoms with Crippen molar-refractivity contribution in [1.82, 2.24) is 5.43 Å². The minimum Gasteiger partial charge on any atom is -0.477 e. The lowest BCUT2D eigenvalue weighted by atomic mass is 10.1. The molecule has 0 rings (SSSR count).